The van der Waals surface area contributed by atoms with E-state index in [9.17, 15) is 0 Å². The molecule has 0 spiro atoms. The lowest BCUT2D eigenvalue weighted by Gasteiger charge is -2.25. The van der Waals surface area contributed by atoms with Gasteiger partial charge in [0.15, 0.2) is 0 Å². The molecule has 21 heavy (non-hydrogen) atoms. The Morgan fingerprint density at radius 3 is 2.38 bits per heavy atom. The number of fused-ring (bicyclic) bond motifs is 1. The Kier molecular flexibility index (Phi) is 4.40. The van der Waals surface area contributed by atoms with Gasteiger partial charge in [0.25, 0.3) is 0 Å². The van der Waals surface area contributed by atoms with Gasteiger partial charge >= 0.3 is 0 Å². The molecule has 2 aromatic carbocycles. The second-order valence-corrected chi connectivity index (χ2v) is 6.28. The zero-order valence-corrected chi connectivity index (χ0v) is 13.1. The van der Waals surface area contributed by atoms with E-state index in [1.165, 1.54) is 30.4 Å². The average molecular weight is 279 g/mol. The summed E-state index contributed by atoms with van der Waals surface area (Å²) in [6.07, 6.45) is 3.58. The predicted molar refractivity (Wildman–Crippen MR) is 89.6 cm³/mol. The van der Waals surface area contributed by atoms with Gasteiger partial charge in [-0.3, -0.25) is 0 Å². The molecule has 1 nitrogen and oxygen atoms in total. The summed E-state index contributed by atoms with van der Waals surface area (Å²) in [7, 11) is 0. The van der Waals surface area contributed by atoms with Crippen molar-refractivity contribution in [3.63, 3.8) is 0 Å². The minimum absolute atomic E-state index is 0.470. The van der Waals surface area contributed by atoms with Crippen molar-refractivity contribution in [2.75, 3.05) is 6.54 Å². The molecule has 0 saturated heterocycles. The van der Waals surface area contributed by atoms with Gasteiger partial charge in [-0.25, -0.2) is 0 Å². The molecule has 110 valence electrons. The van der Waals surface area contributed by atoms with Crippen molar-refractivity contribution >= 4 is 0 Å². The maximum atomic E-state index is 3.79. The summed E-state index contributed by atoms with van der Waals surface area (Å²) < 4.78 is 0. The third-order valence-electron chi connectivity index (χ3n) is 4.57. The van der Waals surface area contributed by atoms with Crippen LogP contribution in [0.3, 0.4) is 0 Å². The number of benzene rings is 2. The fourth-order valence-corrected chi connectivity index (χ4v) is 3.55. The van der Waals surface area contributed by atoms with E-state index in [4.69, 9.17) is 0 Å². The number of nitrogens with one attached hydrogen (secondary N) is 1. The van der Waals surface area contributed by atoms with Crippen LogP contribution in [-0.2, 0) is 12.8 Å². The van der Waals surface area contributed by atoms with Crippen molar-refractivity contribution in [3.05, 3.63) is 70.8 Å². The fraction of sp³-hybridized carbons (Fsp3) is 0.400. The van der Waals surface area contributed by atoms with Gasteiger partial charge in [0, 0.05) is 6.04 Å². The molecule has 2 aromatic rings. The van der Waals surface area contributed by atoms with E-state index in [1.54, 1.807) is 11.1 Å². The van der Waals surface area contributed by atoms with Gasteiger partial charge in [-0.1, -0.05) is 61.0 Å². The molecule has 0 fully saturated rings. The van der Waals surface area contributed by atoms with Gasteiger partial charge < -0.3 is 5.32 Å². The molecule has 1 atom stereocenters. The maximum Gasteiger partial charge on any atom is 0.0355 e. The Hall–Kier alpha value is -1.60. The molecule has 0 aromatic heterocycles. The Labute approximate surface area is 128 Å². The topological polar surface area (TPSA) is 12.0 Å². The Morgan fingerprint density at radius 1 is 1.05 bits per heavy atom. The van der Waals surface area contributed by atoms with Crippen LogP contribution < -0.4 is 5.32 Å². The smallest absolute Gasteiger partial charge is 0.0355 e. The zero-order chi connectivity index (χ0) is 14.7. The highest BCUT2D eigenvalue weighted by Gasteiger charge is 2.29. The van der Waals surface area contributed by atoms with Crippen LogP contribution in [0.25, 0.3) is 0 Å². The summed E-state index contributed by atoms with van der Waals surface area (Å²) in [6.45, 7) is 5.51. The SMILES string of the molecule is CCCNC(c1cccc(C)c1)C1Cc2ccccc2C1. The summed E-state index contributed by atoms with van der Waals surface area (Å²) in [5, 5.41) is 3.79. The van der Waals surface area contributed by atoms with E-state index in [0.717, 1.165) is 6.54 Å². The van der Waals surface area contributed by atoms with Crippen LogP contribution in [0.15, 0.2) is 48.5 Å². The molecular weight excluding hydrogens is 254 g/mol. The molecule has 1 unspecified atom stereocenters. The van der Waals surface area contributed by atoms with Gasteiger partial charge in [0.05, 0.1) is 0 Å². The van der Waals surface area contributed by atoms with Crippen LogP contribution >= 0.6 is 0 Å². The largest absolute Gasteiger partial charge is 0.310 e. The standard InChI is InChI=1S/C20H25N/c1-3-11-21-20(18-10-6-7-15(2)12-18)19-13-16-8-4-5-9-17(16)14-19/h4-10,12,19-21H,3,11,13-14H2,1-2H3. The van der Waals surface area contributed by atoms with E-state index in [-0.39, 0.29) is 0 Å². The van der Waals surface area contributed by atoms with Crippen molar-refractivity contribution in [2.45, 2.75) is 39.2 Å². The first kappa shape index (κ1) is 14.3. The summed E-state index contributed by atoms with van der Waals surface area (Å²) >= 11 is 0. The molecule has 1 aliphatic rings. The summed E-state index contributed by atoms with van der Waals surface area (Å²) in [6, 6.07) is 18.4. The van der Waals surface area contributed by atoms with Gasteiger partial charge in [0.2, 0.25) is 0 Å². The Bertz CT molecular complexity index is 577. The highest BCUT2D eigenvalue weighted by molar-refractivity contribution is 5.35. The minimum atomic E-state index is 0.470. The lowest BCUT2D eigenvalue weighted by molar-refractivity contribution is 0.374. The number of aryl methyl sites for hydroxylation is 1. The van der Waals surface area contributed by atoms with Crippen LogP contribution in [0.5, 0.6) is 0 Å². The van der Waals surface area contributed by atoms with E-state index >= 15 is 0 Å². The highest BCUT2D eigenvalue weighted by atomic mass is 14.9. The van der Waals surface area contributed by atoms with E-state index < -0.39 is 0 Å². The van der Waals surface area contributed by atoms with Crippen LogP contribution in [0.2, 0.25) is 0 Å². The van der Waals surface area contributed by atoms with E-state index in [2.05, 4.69) is 67.7 Å². The number of rotatable bonds is 5. The number of hydrogen-bond acceptors (Lipinski definition) is 1. The first-order valence-electron chi connectivity index (χ1n) is 8.14. The third-order valence-corrected chi connectivity index (χ3v) is 4.57. The Morgan fingerprint density at radius 2 is 1.76 bits per heavy atom. The first-order valence-corrected chi connectivity index (χ1v) is 8.14. The van der Waals surface area contributed by atoms with Crippen molar-refractivity contribution in [3.8, 4) is 0 Å². The average Bonchev–Trinajstić information content (AvgIpc) is 2.91. The van der Waals surface area contributed by atoms with Gasteiger partial charge in [-0.05, 0) is 55.3 Å². The normalized spacial score (nSPS) is 15.9. The van der Waals surface area contributed by atoms with Crippen LogP contribution in [0, 0.1) is 12.8 Å². The van der Waals surface area contributed by atoms with Crippen molar-refractivity contribution in [1.29, 1.82) is 0 Å². The molecule has 3 rings (SSSR count). The predicted octanol–water partition coefficient (Wildman–Crippen LogP) is 4.45. The first-order chi connectivity index (χ1) is 10.3. The minimum Gasteiger partial charge on any atom is -0.310 e. The summed E-state index contributed by atoms with van der Waals surface area (Å²) in [5.41, 5.74) is 5.88. The maximum absolute atomic E-state index is 3.79. The molecular formula is C20H25N. The second-order valence-electron chi connectivity index (χ2n) is 6.28. The molecule has 0 heterocycles. The lowest BCUT2D eigenvalue weighted by Crippen LogP contribution is -2.29. The molecule has 0 radical (unpaired) electrons. The van der Waals surface area contributed by atoms with E-state index in [1.807, 2.05) is 0 Å². The Balaban J connectivity index is 1.84. The van der Waals surface area contributed by atoms with Crippen molar-refractivity contribution in [1.82, 2.24) is 5.32 Å². The quantitative estimate of drug-likeness (QED) is 0.852. The molecule has 0 aliphatic heterocycles. The summed E-state index contributed by atoms with van der Waals surface area (Å²) in [5.74, 6) is 0.677. The third kappa shape index (κ3) is 3.19. The van der Waals surface area contributed by atoms with Crippen LogP contribution in [0.1, 0.15) is 41.6 Å². The van der Waals surface area contributed by atoms with Gasteiger partial charge in [0.1, 0.15) is 0 Å². The number of hydrogen-bond donors (Lipinski definition) is 1. The molecule has 1 aliphatic carbocycles. The van der Waals surface area contributed by atoms with Crippen molar-refractivity contribution < 1.29 is 0 Å². The summed E-state index contributed by atoms with van der Waals surface area (Å²) in [4.78, 5) is 0. The van der Waals surface area contributed by atoms with Gasteiger partial charge in [-0.2, -0.15) is 0 Å². The molecule has 0 saturated carbocycles. The monoisotopic (exact) mass is 279 g/mol. The van der Waals surface area contributed by atoms with Crippen LogP contribution in [0.4, 0.5) is 0 Å². The van der Waals surface area contributed by atoms with Crippen LogP contribution in [-0.4, -0.2) is 6.54 Å². The van der Waals surface area contributed by atoms with E-state index in [0.29, 0.717) is 12.0 Å². The molecule has 0 bridgehead atoms. The van der Waals surface area contributed by atoms with Crippen molar-refractivity contribution in [2.24, 2.45) is 5.92 Å². The zero-order valence-electron chi connectivity index (χ0n) is 13.1. The second kappa shape index (κ2) is 6.44. The highest BCUT2D eigenvalue weighted by Crippen LogP contribution is 2.35. The fourth-order valence-electron chi connectivity index (χ4n) is 3.55. The van der Waals surface area contributed by atoms with Gasteiger partial charge in [-0.15, -0.1) is 0 Å². The molecule has 0 amide bonds. The molecule has 1 heteroatoms. The molecule has 1 N–H and O–H groups in total. The lowest BCUT2D eigenvalue weighted by atomic mass is 9.89.